The molecule has 0 spiro atoms. The van der Waals surface area contributed by atoms with Crippen molar-refractivity contribution >= 4 is 12.0 Å². The highest BCUT2D eigenvalue weighted by molar-refractivity contribution is 5.74. The molecule has 0 heterocycles. The predicted molar refractivity (Wildman–Crippen MR) is 60.2 cm³/mol. The number of amides is 2. The van der Waals surface area contributed by atoms with Crippen LogP contribution in [-0.2, 0) is 4.79 Å². The summed E-state index contributed by atoms with van der Waals surface area (Å²) < 4.78 is 0. The molecule has 0 bridgehead atoms. The van der Waals surface area contributed by atoms with E-state index in [1.807, 2.05) is 6.92 Å². The van der Waals surface area contributed by atoms with Gasteiger partial charge in [-0.15, -0.1) is 0 Å². The molecule has 1 atom stereocenters. The van der Waals surface area contributed by atoms with Gasteiger partial charge in [-0.25, -0.2) is 4.79 Å². The number of carboxylic acid groups (broad SMARTS) is 1. The number of carbonyl (C=O) groups excluding carboxylic acids is 1. The fourth-order valence-corrected chi connectivity index (χ4v) is 1.62. The van der Waals surface area contributed by atoms with Crippen LogP contribution in [0.3, 0.4) is 0 Å². The van der Waals surface area contributed by atoms with Crippen LogP contribution in [0.1, 0.15) is 39.0 Å². The SMILES string of the molecule is CC(CCC(=O)O)NC(=O)NCC1CCC1. The molecule has 3 N–H and O–H groups in total. The number of urea groups is 1. The highest BCUT2D eigenvalue weighted by atomic mass is 16.4. The molecule has 1 unspecified atom stereocenters. The molecule has 1 fully saturated rings. The van der Waals surface area contributed by atoms with Gasteiger partial charge >= 0.3 is 12.0 Å². The van der Waals surface area contributed by atoms with Crippen molar-refractivity contribution < 1.29 is 14.7 Å². The molecule has 2 amide bonds. The summed E-state index contributed by atoms with van der Waals surface area (Å²) in [5.41, 5.74) is 0. The molecule has 0 radical (unpaired) electrons. The van der Waals surface area contributed by atoms with E-state index in [-0.39, 0.29) is 18.5 Å². The van der Waals surface area contributed by atoms with Crippen molar-refractivity contribution in [1.29, 1.82) is 0 Å². The first-order valence-corrected chi connectivity index (χ1v) is 5.84. The van der Waals surface area contributed by atoms with Crippen molar-refractivity contribution in [3.05, 3.63) is 0 Å². The number of aliphatic carboxylic acids is 1. The second-order valence-corrected chi connectivity index (χ2v) is 4.48. The van der Waals surface area contributed by atoms with E-state index in [9.17, 15) is 9.59 Å². The zero-order chi connectivity index (χ0) is 12.0. The summed E-state index contributed by atoms with van der Waals surface area (Å²) in [4.78, 5) is 21.7. The number of carbonyl (C=O) groups is 2. The minimum Gasteiger partial charge on any atom is -0.481 e. The highest BCUT2D eigenvalue weighted by Crippen LogP contribution is 2.24. The lowest BCUT2D eigenvalue weighted by molar-refractivity contribution is -0.137. The smallest absolute Gasteiger partial charge is 0.315 e. The van der Waals surface area contributed by atoms with Crippen molar-refractivity contribution in [3.8, 4) is 0 Å². The van der Waals surface area contributed by atoms with Crippen LogP contribution in [0.25, 0.3) is 0 Å². The first kappa shape index (κ1) is 12.8. The molecule has 0 aromatic carbocycles. The maximum atomic E-state index is 11.4. The van der Waals surface area contributed by atoms with E-state index in [2.05, 4.69) is 10.6 Å². The Bertz CT molecular complexity index is 252. The summed E-state index contributed by atoms with van der Waals surface area (Å²) in [6.07, 6.45) is 4.23. The third-order valence-corrected chi connectivity index (χ3v) is 2.94. The second kappa shape index (κ2) is 6.35. The van der Waals surface area contributed by atoms with Gasteiger partial charge in [-0.3, -0.25) is 4.79 Å². The van der Waals surface area contributed by atoms with E-state index in [1.54, 1.807) is 0 Å². The molecule has 0 aromatic heterocycles. The van der Waals surface area contributed by atoms with E-state index in [0.717, 1.165) is 6.54 Å². The lowest BCUT2D eigenvalue weighted by Crippen LogP contribution is -2.43. The predicted octanol–water partition coefficient (Wildman–Crippen LogP) is 1.34. The van der Waals surface area contributed by atoms with Crippen LogP contribution in [0.4, 0.5) is 4.79 Å². The molecule has 0 aliphatic heterocycles. The fraction of sp³-hybridized carbons (Fsp3) is 0.818. The van der Waals surface area contributed by atoms with Crippen molar-refractivity contribution in [2.24, 2.45) is 5.92 Å². The molecular weight excluding hydrogens is 208 g/mol. The van der Waals surface area contributed by atoms with Gasteiger partial charge in [0.2, 0.25) is 0 Å². The monoisotopic (exact) mass is 228 g/mol. The normalized spacial score (nSPS) is 17.3. The van der Waals surface area contributed by atoms with Crippen LogP contribution < -0.4 is 10.6 Å². The summed E-state index contributed by atoms with van der Waals surface area (Å²) in [6, 6.07) is -0.290. The fourth-order valence-electron chi connectivity index (χ4n) is 1.62. The average molecular weight is 228 g/mol. The number of hydrogen-bond acceptors (Lipinski definition) is 2. The molecule has 16 heavy (non-hydrogen) atoms. The van der Waals surface area contributed by atoms with Crippen LogP contribution in [0.5, 0.6) is 0 Å². The number of carboxylic acids is 1. The minimum absolute atomic E-state index is 0.0874. The third-order valence-electron chi connectivity index (χ3n) is 2.94. The summed E-state index contributed by atoms with van der Waals surface area (Å²) >= 11 is 0. The second-order valence-electron chi connectivity index (χ2n) is 4.48. The number of nitrogens with one attached hydrogen (secondary N) is 2. The van der Waals surface area contributed by atoms with Crippen LogP contribution in [0.2, 0.25) is 0 Å². The van der Waals surface area contributed by atoms with Gasteiger partial charge in [0.25, 0.3) is 0 Å². The van der Waals surface area contributed by atoms with Gasteiger partial charge in [0, 0.05) is 19.0 Å². The zero-order valence-electron chi connectivity index (χ0n) is 9.66. The van der Waals surface area contributed by atoms with Crippen molar-refractivity contribution in [2.45, 2.75) is 45.1 Å². The quantitative estimate of drug-likeness (QED) is 0.642. The first-order valence-electron chi connectivity index (χ1n) is 5.84. The number of hydrogen-bond donors (Lipinski definition) is 3. The van der Waals surface area contributed by atoms with Gasteiger partial charge in [0.15, 0.2) is 0 Å². The number of rotatable bonds is 6. The van der Waals surface area contributed by atoms with Crippen LogP contribution in [0.15, 0.2) is 0 Å². The minimum atomic E-state index is -0.830. The molecule has 1 aliphatic carbocycles. The summed E-state index contributed by atoms with van der Waals surface area (Å²) in [6.45, 7) is 2.54. The third kappa shape index (κ3) is 5.00. The maximum absolute atomic E-state index is 11.4. The Hall–Kier alpha value is -1.26. The Morgan fingerprint density at radius 1 is 1.44 bits per heavy atom. The Labute approximate surface area is 95.6 Å². The molecule has 0 aromatic rings. The van der Waals surface area contributed by atoms with Gasteiger partial charge in [0.1, 0.15) is 0 Å². The van der Waals surface area contributed by atoms with Crippen molar-refractivity contribution in [1.82, 2.24) is 10.6 Å². The Morgan fingerprint density at radius 2 is 2.12 bits per heavy atom. The van der Waals surface area contributed by atoms with E-state index in [0.29, 0.717) is 12.3 Å². The molecule has 1 aliphatic rings. The van der Waals surface area contributed by atoms with Crippen LogP contribution in [0, 0.1) is 5.92 Å². The first-order chi connectivity index (χ1) is 7.58. The summed E-state index contributed by atoms with van der Waals surface area (Å²) in [5.74, 6) is -0.191. The van der Waals surface area contributed by atoms with E-state index in [1.165, 1.54) is 19.3 Å². The molecule has 5 heteroatoms. The van der Waals surface area contributed by atoms with E-state index in [4.69, 9.17) is 5.11 Å². The van der Waals surface area contributed by atoms with Crippen LogP contribution in [-0.4, -0.2) is 29.7 Å². The largest absolute Gasteiger partial charge is 0.481 e. The van der Waals surface area contributed by atoms with E-state index >= 15 is 0 Å². The van der Waals surface area contributed by atoms with Crippen molar-refractivity contribution in [2.75, 3.05) is 6.54 Å². The Balaban J connectivity index is 2.05. The molecule has 1 saturated carbocycles. The lowest BCUT2D eigenvalue weighted by Gasteiger charge is -2.25. The molecular formula is C11H20N2O3. The highest BCUT2D eigenvalue weighted by Gasteiger charge is 2.18. The van der Waals surface area contributed by atoms with Crippen molar-refractivity contribution in [3.63, 3.8) is 0 Å². The Morgan fingerprint density at radius 3 is 2.62 bits per heavy atom. The van der Waals surface area contributed by atoms with Crippen LogP contribution >= 0.6 is 0 Å². The molecule has 1 rings (SSSR count). The van der Waals surface area contributed by atoms with Gasteiger partial charge < -0.3 is 15.7 Å². The molecule has 92 valence electrons. The standard InChI is InChI=1S/C11H20N2O3/c1-8(5-6-10(14)15)13-11(16)12-7-9-3-2-4-9/h8-9H,2-7H2,1H3,(H,14,15)(H2,12,13,16). The summed E-state index contributed by atoms with van der Waals surface area (Å²) in [5, 5.41) is 14.0. The summed E-state index contributed by atoms with van der Waals surface area (Å²) in [7, 11) is 0. The topological polar surface area (TPSA) is 78.4 Å². The molecule has 5 nitrogen and oxygen atoms in total. The van der Waals surface area contributed by atoms with Gasteiger partial charge in [-0.05, 0) is 32.1 Å². The van der Waals surface area contributed by atoms with Gasteiger partial charge in [0.05, 0.1) is 0 Å². The zero-order valence-corrected chi connectivity index (χ0v) is 9.66. The van der Waals surface area contributed by atoms with Gasteiger partial charge in [-0.2, -0.15) is 0 Å². The average Bonchev–Trinajstić information content (AvgIpc) is 2.12. The van der Waals surface area contributed by atoms with Gasteiger partial charge in [-0.1, -0.05) is 6.42 Å². The maximum Gasteiger partial charge on any atom is 0.315 e. The Kier molecular flexibility index (Phi) is 5.08. The van der Waals surface area contributed by atoms with E-state index < -0.39 is 5.97 Å². The lowest BCUT2D eigenvalue weighted by atomic mass is 9.85. The molecule has 0 saturated heterocycles.